The first kappa shape index (κ1) is 21.3. The molecule has 2 aromatic rings. The minimum Gasteiger partial charge on any atom is -0.338 e. The minimum atomic E-state index is -3.41. The SMILES string of the molecule is Cc1ccc(NC(=O)NCCC2CCN(S(=O)(=O)c3ccccc3)CC2)c(C)c1. The van der Waals surface area contributed by atoms with Gasteiger partial charge in [-0.3, -0.25) is 0 Å². The van der Waals surface area contributed by atoms with Crippen LogP contribution in [0.3, 0.4) is 0 Å². The Morgan fingerprint density at radius 3 is 2.41 bits per heavy atom. The number of sulfonamides is 1. The van der Waals surface area contributed by atoms with Gasteiger partial charge in [-0.15, -0.1) is 0 Å². The summed E-state index contributed by atoms with van der Waals surface area (Å²) in [6, 6.07) is 14.3. The summed E-state index contributed by atoms with van der Waals surface area (Å²) >= 11 is 0. The fourth-order valence-electron chi connectivity index (χ4n) is 3.69. The highest BCUT2D eigenvalue weighted by atomic mass is 32.2. The van der Waals surface area contributed by atoms with E-state index in [4.69, 9.17) is 0 Å². The van der Waals surface area contributed by atoms with Crippen molar-refractivity contribution in [3.05, 3.63) is 59.7 Å². The van der Waals surface area contributed by atoms with Crippen LogP contribution in [-0.4, -0.2) is 38.4 Å². The van der Waals surface area contributed by atoms with Gasteiger partial charge in [-0.05, 0) is 62.8 Å². The number of hydrogen-bond donors (Lipinski definition) is 2. The lowest BCUT2D eigenvalue weighted by Gasteiger charge is -2.31. The molecule has 0 bridgehead atoms. The van der Waals surface area contributed by atoms with Crippen molar-refractivity contribution >= 4 is 21.7 Å². The Morgan fingerprint density at radius 2 is 1.76 bits per heavy atom. The molecule has 29 heavy (non-hydrogen) atoms. The Morgan fingerprint density at radius 1 is 1.07 bits per heavy atom. The van der Waals surface area contributed by atoms with Crippen molar-refractivity contribution in [1.29, 1.82) is 0 Å². The summed E-state index contributed by atoms with van der Waals surface area (Å²) < 4.78 is 26.9. The second-order valence-corrected chi connectivity index (χ2v) is 9.59. The Bertz CT molecular complexity index is 937. The Kier molecular flexibility index (Phi) is 6.92. The first-order valence-electron chi connectivity index (χ1n) is 10.0. The van der Waals surface area contributed by atoms with Crippen LogP contribution >= 0.6 is 0 Å². The number of nitrogens with zero attached hydrogens (tertiary/aromatic N) is 1. The highest BCUT2D eigenvalue weighted by molar-refractivity contribution is 7.89. The third-order valence-corrected chi connectivity index (χ3v) is 7.34. The Labute approximate surface area is 173 Å². The normalized spacial score (nSPS) is 15.8. The fourth-order valence-corrected chi connectivity index (χ4v) is 5.18. The maximum absolute atomic E-state index is 12.7. The molecule has 6 nitrogen and oxygen atoms in total. The van der Waals surface area contributed by atoms with E-state index in [2.05, 4.69) is 10.6 Å². The van der Waals surface area contributed by atoms with Gasteiger partial charge < -0.3 is 10.6 Å². The molecule has 0 unspecified atom stereocenters. The molecule has 0 aliphatic carbocycles. The number of nitrogens with one attached hydrogen (secondary N) is 2. The zero-order chi connectivity index (χ0) is 20.9. The van der Waals surface area contributed by atoms with Crippen LogP contribution in [0.1, 0.15) is 30.4 Å². The van der Waals surface area contributed by atoms with Crippen molar-refractivity contribution in [1.82, 2.24) is 9.62 Å². The summed E-state index contributed by atoms with van der Waals surface area (Å²) in [7, 11) is -3.41. The van der Waals surface area contributed by atoms with E-state index in [1.54, 1.807) is 28.6 Å². The number of rotatable bonds is 6. The monoisotopic (exact) mass is 415 g/mol. The van der Waals surface area contributed by atoms with E-state index in [0.29, 0.717) is 30.4 Å². The van der Waals surface area contributed by atoms with Crippen LogP contribution < -0.4 is 10.6 Å². The standard InChI is InChI=1S/C22H29N3O3S/c1-17-8-9-21(18(2)16-17)24-22(26)23-13-10-19-11-14-25(15-12-19)29(27,28)20-6-4-3-5-7-20/h3-9,16,19H,10-15H2,1-2H3,(H2,23,24,26). The summed E-state index contributed by atoms with van der Waals surface area (Å²) in [6.07, 6.45) is 2.47. The average Bonchev–Trinajstić information content (AvgIpc) is 2.71. The largest absolute Gasteiger partial charge is 0.338 e. The summed E-state index contributed by atoms with van der Waals surface area (Å²) in [5, 5.41) is 5.79. The number of urea groups is 1. The third kappa shape index (κ3) is 5.58. The maximum Gasteiger partial charge on any atom is 0.319 e. The molecule has 156 valence electrons. The molecule has 0 atom stereocenters. The van der Waals surface area contributed by atoms with Crippen molar-refractivity contribution in [3.63, 3.8) is 0 Å². The van der Waals surface area contributed by atoms with Crippen LogP contribution in [0.4, 0.5) is 10.5 Å². The van der Waals surface area contributed by atoms with Crippen LogP contribution in [0.25, 0.3) is 0 Å². The molecule has 7 heteroatoms. The lowest BCUT2D eigenvalue weighted by atomic mass is 9.95. The second-order valence-electron chi connectivity index (χ2n) is 7.65. The number of hydrogen-bond acceptors (Lipinski definition) is 3. The molecule has 1 heterocycles. The van der Waals surface area contributed by atoms with Gasteiger partial charge in [-0.1, -0.05) is 35.9 Å². The molecule has 0 spiro atoms. The third-order valence-electron chi connectivity index (χ3n) is 5.42. The Hall–Kier alpha value is -2.38. The molecule has 0 saturated carbocycles. The summed E-state index contributed by atoms with van der Waals surface area (Å²) in [5.74, 6) is 0.415. The van der Waals surface area contributed by atoms with E-state index >= 15 is 0 Å². The second kappa shape index (κ2) is 9.41. The van der Waals surface area contributed by atoms with Crippen molar-refractivity contribution in [2.24, 2.45) is 5.92 Å². The number of piperidine rings is 1. The van der Waals surface area contributed by atoms with Crippen LogP contribution in [0, 0.1) is 19.8 Å². The number of aryl methyl sites for hydroxylation is 2. The molecule has 1 fully saturated rings. The fraction of sp³-hybridized carbons (Fsp3) is 0.409. The highest BCUT2D eigenvalue weighted by Crippen LogP contribution is 2.25. The lowest BCUT2D eigenvalue weighted by molar-refractivity contribution is 0.245. The van der Waals surface area contributed by atoms with Crippen LogP contribution in [-0.2, 0) is 10.0 Å². The number of carbonyl (C=O) groups is 1. The molecular formula is C22H29N3O3S. The van der Waals surface area contributed by atoms with E-state index in [-0.39, 0.29) is 6.03 Å². The molecule has 2 amide bonds. The van der Waals surface area contributed by atoms with Crippen molar-refractivity contribution in [2.45, 2.75) is 38.0 Å². The van der Waals surface area contributed by atoms with Gasteiger partial charge in [0.1, 0.15) is 0 Å². The molecule has 2 aromatic carbocycles. The first-order valence-corrected chi connectivity index (χ1v) is 11.5. The molecule has 1 aliphatic heterocycles. The van der Waals surface area contributed by atoms with Gasteiger partial charge in [0.15, 0.2) is 0 Å². The zero-order valence-electron chi connectivity index (χ0n) is 17.0. The number of benzene rings is 2. The summed E-state index contributed by atoms with van der Waals surface area (Å²) in [4.78, 5) is 12.5. The smallest absolute Gasteiger partial charge is 0.319 e. The molecule has 0 aromatic heterocycles. The van der Waals surface area contributed by atoms with Crippen molar-refractivity contribution in [2.75, 3.05) is 25.0 Å². The van der Waals surface area contributed by atoms with Crippen molar-refractivity contribution < 1.29 is 13.2 Å². The zero-order valence-corrected chi connectivity index (χ0v) is 17.8. The van der Waals surface area contributed by atoms with Gasteiger partial charge in [-0.2, -0.15) is 4.31 Å². The van der Waals surface area contributed by atoms with Crippen LogP contribution in [0.15, 0.2) is 53.4 Å². The molecule has 1 aliphatic rings. The van der Waals surface area contributed by atoms with Gasteiger partial charge in [0.25, 0.3) is 0 Å². The molecule has 0 radical (unpaired) electrons. The molecular weight excluding hydrogens is 386 g/mol. The summed E-state index contributed by atoms with van der Waals surface area (Å²) in [6.45, 7) is 5.62. The number of anilines is 1. The quantitative estimate of drug-likeness (QED) is 0.751. The molecule has 2 N–H and O–H groups in total. The van der Waals surface area contributed by atoms with E-state index in [0.717, 1.165) is 36.1 Å². The van der Waals surface area contributed by atoms with E-state index in [1.807, 2.05) is 38.1 Å². The number of carbonyl (C=O) groups excluding carboxylic acids is 1. The van der Waals surface area contributed by atoms with Gasteiger partial charge in [0.05, 0.1) is 4.90 Å². The Balaban J connectivity index is 1.41. The van der Waals surface area contributed by atoms with E-state index in [1.165, 1.54) is 0 Å². The van der Waals surface area contributed by atoms with Gasteiger partial charge in [-0.25, -0.2) is 13.2 Å². The van der Waals surface area contributed by atoms with Crippen molar-refractivity contribution in [3.8, 4) is 0 Å². The predicted molar refractivity (Wildman–Crippen MR) is 115 cm³/mol. The lowest BCUT2D eigenvalue weighted by Crippen LogP contribution is -2.39. The van der Waals surface area contributed by atoms with E-state index in [9.17, 15) is 13.2 Å². The van der Waals surface area contributed by atoms with Gasteiger partial charge in [0.2, 0.25) is 10.0 Å². The average molecular weight is 416 g/mol. The highest BCUT2D eigenvalue weighted by Gasteiger charge is 2.29. The minimum absolute atomic E-state index is 0.207. The topological polar surface area (TPSA) is 78.5 Å². The maximum atomic E-state index is 12.7. The molecule has 3 rings (SSSR count). The van der Waals surface area contributed by atoms with Crippen LogP contribution in [0.5, 0.6) is 0 Å². The van der Waals surface area contributed by atoms with Crippen LogP contribution in [0.2, 0.25) is 0 Å². The van der Waals surface area contributed by atoms with Gasteiger partial charge >= 0.3 is 6.03 Å². The van der Waals surface area contributed by atoms with Gasteiger partial charge in [0, 0.05) is 25.3 Å². The summed E-state index contributed by atoms with van der Waals surface area (Å²) in [5.41, 5.74) is 3.01. The van der Waals surface area contributed by atoms with E-state index < -0.39 is 10.0 Å². The molecule has 1 saturated heterocycles. The number of amides is 2. The predicted octanol–water partition coefficient (Wildman–Crippen LogP) is 3.92. The first-order chi connectivity index (χ1) is 13.9.